The highest BCUT2D eigenvalue weighted by Gasteiger charge is 2.39. The number of aryl methyl sites for hydroxylation is 1. The molecule has 2 aliphatic heterocycles. The summed E-state index contributed by atoms with van der Waals surface area (Å²) in [4.78, 5) is 5.19. The summed E-state index contributed by atoms with van der Waals surface area (Å²) in [5.74, 6) is 1.73. The Morgan fingerprint density at radius 3 is 2.44 bits per heavy atom. The van der Waals surface area contributed by atoms with Crippen molar-refractivity contribution in [1.82, 2.24) is 0 Å². The first kappa shape index (κ1) is 19.8. The van der Waals surface area contributed by atoms with Gasteiger partial charge in [-0.25, -0.2) is 0 Å². The Bertz CT molecular complexity index is 928. The predicted molar refractivity (Wildman–Crippen MR) is 113 cm³/mol. The number of methoxy groups -OCH3 is 1. The topological polar surface area (TPSA) is 30.8 Å². The number of rotatable bonds is 2. The van der Waals surface area contributed by atoms with Crippen molar-refractivity contribution in [2.75, 3.05) is 7.11 Å². The molecule has 0 aromatic heterocycles. The fourth-order valence-electron chi connectivity index (χ4n) is 4.25. The van der Waals surface area contributed by atoms with Crippen LogP contribution in [0.1, 0.15) is 55.5 Å². The van der Waals surface area contributed by atoms with Gasteiger partial charge in [0, 0.05) is 23.1 Å². The van der Waals surface area contributed by atoms with Gasteiger partial charge in [-0.1, -0.05) is 24.3 Å². The van der Waals surface area contributed by atoms with Crippen molar-refractivity contribution in [2.45, 2.75) is 58.6 Å². The lowest BCUT2D eigenvalue weighted by Crippen LogP contribution is -2.31. The molecule has 0 atom stereocenters. The van der Waals surface area contributed by atoms with Crippen LogP contribution in [0.3, 0.4) is 0 Å². The number of benzene rings is 2. The Balaban J connectivity index is 0.00000210. The monoisotopic (exact) mass is 385 g/mol. The Morgan fingerprint density at radius 1 is 1.07 bits per heavy atom. The van der Waals surface area contributed by atoms with E-state index in [4.69, 9.17) is 14.5 Å². The molecule has 2 aromatic rings. The number of aliphatic imine (C=N–C) groups is 1. The number of hydrogen-bond donors (Lipinski definition) is 0. The van der Waals surface area contributed by atoms with Crippen molar-refractivity contribution < 1.29 is 9.47 Å². The van der Waals surface area contributed by atoms with Gasteiger partial charge >= 0.3 is 0 Å². The molecule has 4 heteroatoms. The molecule has 144 valence electrons. The maximum atomic E-state index is 6.27. The first-order chi connectivity index (χ1) is 12.2. The maximum Gasteiger partial charge on any atom is 0.166 e. The summed E-state index contributed by atoms with van der Waals surface area (Å²) < 4.78 is 12.0. The van der Waals surface area contributed by atoms with Crippen LogP contribution in [0.25, 0.3) is 0 Å². The van der Waals surface area contributed by atoms with Crippen LogP contribution in [-0.2, 0) is 12.8 Å². The number of halogens is 1. The van der Waals surface area contributed by atoms with Gasteiger partial charge in [-0.05, 0) is 58.2 Å². The molecule has 2 heterocycles. The zero-order valence-electron chi connectivity index (χ0n) is 17.0. The van der Waals surface area contributed by atoms with Gasteiger partial charge in [0.1, 0.15) is 5.60 Å². The third-order valence-electron chi connectivity index (χ3n) is 5.30. The highest BCUT2D eigenvalue weighted by Crippen LogP contribution is 2.47. The molecule has 0 aliphatic carbocycles. The van der Waals surface area contributed by atoms with Gasteiger partial charge < -0.3 is 9.47 Å². The Morgan fingerprint density at radius 2 is 1.78 bits per heavy atom. The Kier molecular flexibility index (Phi) is 4.80. The second-order valence-corrected chi connectivity index (χ2v) is 8.72. The Labute approximate surface area is 168 Å². The molecule has 0 saturated heterocycles. The maximum absolute atomic E-state index is 6.27. The second-order valence-electron chi connectivity index (χ2n) is 8.72. The zero-order valence-corrected chi connectivity index (χ0v) is 17.8. The standard InChI is InChI=1S/C23H27NO2.ClH/c1-14-9-7-8-10-16(14)20-19-15(12-22(2,3)24-20)11-18(25-6)21-17(19)13-23(4,5)26-21;/h7-11H,12-13H2,1-6H3;1H. The van der Waals surface area contributed by atoms with Gasteiger partial charge in [0.05, 0.1) is 18.4 Å². The van der Waals surface area contributed by atoms with E-state index >= 15 is 0 Å². The molecule has 0 unspecified atom stereocenters. The highest BCUT2D eigenvalue weighted by molar-refractivity contribution is 6.16. The van der Waals surface area contributed by atoms with Crippen molar-refractivity contribution in [3.63, 3.8) is 0 Å². The van der Waals surface area contributed by atoms with Crippen LogP contribution >= 0.6 is 12.4 Å². The van der Waals surface area contributed by atoms with Crippen LogP contribution < -0.4 is 9.47 Å². The SMILES string of the molecule is COc1cc2c(c3c1OC(C)(C)C3)C(c1ccccc1C)=NC(C)(C)C2.Cl. The van der Waals surface area contributed by atoms with Crippen molar-refractivity contribution >= 4 is 18.1 Å². The lowest BCUT2D eigenvalue weighted by molar-refractivity contribution is 0.134. The van der Waals surface area contributed by atoms with Gasteiger partial charge in [0.2, 0.25) is 0 Å². The van der Waals surface area contributed by atoms with E-state index in [1.807, 2.05) is 0 Å². The molecule has 0 bridgehead atoms. The Hall–Kier alpha value is -2.00. The highest BCUT2D eigenvalue weighted by atomic mass is 35.5. The minimum Gasteiger partial charge on any atom is -0.493 e. The fraction of sp³-hybridized carbons (Fsp3) is 0.435. The molecule has 2 aliphatic rings. The molecule has 0 N–H and O–H groups in total. The molecule has 0 fully saturated rings. The third-order valence-corrected chi connectivity index (χ3v) is 5.30. The fourth-order valence-corrected chi connectivity index (χ4v) is 4.25. The summed E-state index contributed by atoms with van der Waals surface area (Å²) in [6.07, 6.45) is 1.77. The number of nitrogens with zero attached hydrogens (tertiary/aromatic N) is 1. The minimum atomic E-state index is -0.228. The lowest BCUT2D eigenvalue weighted by Gasteiger charge is -2.31. The van der Waals surface area contributed by atoms with Crippen molar-refractivity contribution in [3.05, 3.63) is 58.1 Å². The second kappa shape index (κ2) is 6.56. The van der Waals surface area contributed by atoms with E-state index in [9.17, 15) is 0 Å². The largest absolute Gasteiger partial charge is 0.493 e. The van der Waals surface area contributed by atoms with Gasteiger partial charge in [0.15, 0.2) is 11.5 Å². The van der Waals surface area contributed by atoms with Crippen molar-refractivity contribution in [3.8, 4) is 11.5 Å². The smallest absolute Gasteiger partial charge is 0.166 e. The summed E-state index contributed by atoms with van der Waals surface area (Å²) in [5, 5.41) is 0. The van der Waals surface area contributed by atoms with E-state index in [0.717, 1.165) is 30.1 Å². The van der Waals surface area contributed by atoms with Crippen LogP contribution in [0, 0.1) is 6.92 Å². The van der Waals surface area contributed by atoms with E-state index in [-0.39, 0.29) is 23.5 Å². The lowest BCUT2D eigenvalue weighted by atomic mass is 9.80. The van der Waals surface area contributed by atoms with E-state index in [0.29, 0.717) is 0 Å². The summed E-state index contributed by atoms with van der Waals surface area (Å²) in [6.45, 7) is 10.8. The first-order valence-corrected chi connectivity index (χ1v) is 9.29. The van der Waals surface area contributed by atoms with Gasteiger partial charge in [-0.15, -0.1) is 12.4 Å². The zero-order chi connectivity index (χ0) is 18.7. The molecule has 27 heavy (non-hydrogen) atoms. The molecule has 0 radical (unpaired) electrons. The van der Waals surface area contributed by atoms with Crippen molar-refractivity contribution in [2.24, 2.45) is 4.99 Å². The van der Waals surface area contributed by atoms with E-state index in [2.05, 4.69) is 65.0 Å². The van der Waals surface area contributed by atoms with E-state index < -0.39 is 0 Å². The molecule has 3 nitrogen and oxygen atoms in total. The summed E-state index contributed by atoms with van der Waals surface area (Å²) in [6, 6.07) is 10.7. The van der Waals surface area contributed by atoms with Gasteiger partial charge in [-0.2, -0.15) is 0 Å². The number of hydrogen-bond acceptors (Lipinski definition) is 3. The number of fused-ring (bicyclic) bond motifs is 3. The third kappa shape index (κ3) is 3.34. The van der Waals surface area contributed by atoms with Crippen LogP contribution in [0.15, 0.2) is 35.3 Å². The molecule has 0 amide bonds. The van der Waals surface area contributed by atoms with Crippen molar-refractivity contribution in [1.29, 1.82) is 0 Å². The molecular formula is C23H28ClNO2. The summed E-state index contributed by atoms with van der Waals surface area (Å²) in [7, 11) is 1.72. The van der Waals surface area contributed by atoms with Crippen LogP contribution in [0.2, 0.25) is 0 Å². The first-order valence-electron chi connectivity index (χ1n) is 9.29. The van der Waals surface area contributed by atoms with Crippen LogP contribution in [-0.4, -0.2) is 24.0 Å². The molecular weight excluding hydrogens is 358 g/mol. The molecule has 2 aromatic carbocycles. The molecule has 0 spiro atoms. The average molecular weight is 386 g/mol. The van der Waals surface area contributed by atoms with Crippen LogP contribution in [0.4, 0.5) is 0 Å². The summed E-state index contributed by atoms with van der Waals surface area (Å²) in [5.41, 5.74) is 6.97. The molecule has 0 saturated carbocycles. The summed E-state index contributed by atoms with van der Waals surface area (Å²) >= 11 is 0. The van der Waals surface area contributed by atoms with Gasteiger partial charge in [-0.3, -0.25) is 4.99 Å². The van der Waals surface area contributed by atoms with Gasteiger partial charge in [0.25, 0.3) is 0 Å². The average Bonchev–Trinajstić information content (AvgIpc) is 2.87. The molecule has 4 rings (SSSR count). The van der Waals surface area contributed by atoms with Crippen LogP contribution in [0.5, 0.6) is 11.5 Å². The predicted octanol–water partition coefficient (Wildman–Crippen LogP) is 5.31. The minimum absolute atomic E-state index is 0. The number of ether oxygens (including phenoxy) is 2. The quantitative estimate of drug-likeness (QED) is 0.701. The normalized spacial score (nSPS) is 18.5. The van der Waals surface area contributed by atoms with E-state index in [1.165, 1.54) is 27.8 Å². The van der Waals surface area contributed by atoms with E-state index in [1.54, 1.807) is 7.11 Å².